The van der Waals surface area contributed by atoms with Gasteiger partial charge >= 0.3 is 42.1 Å². The first kappa shape index (κ1) is 80.0. The molecule has 0 bridgehead atoms. The maximum atomic E-state index is 15.2. The van der Waals surface area contributed by atoms with Crippen molar-refractivity contribution in [2.45, 2.75) is 169 Å². The van der Waals surface area contributed by atoms with Gasteiger partial charge in [0.1, 0.15) is 85.3 Å². The van der Waals surface area contributed by atoms with E-state index in [0.29, 0.717) is 24.8 Å². The average Bonchev–Trinajstić information content (AvgIpc) is 1.72. The zero-order chi connectivity index (χ0) is 73.1. The Labute approximate surface area is 607 Å². The minimum absolute atomic E-state index is 0.0104. The number of unbranched alkanes of at least 4 members (excludes halogenated alkanes) is 3. The number of fused-ring (bicyclic) bond motifs is 1. The number of benzene rings is 5. The molecule has 9 rings (SSSR count). The van der Waals surface area contributed by atoms with Crippen LogP contribution in [0.15, 0.2) is 152 Å². The third-order valence-electron chi connectivity index (χ3n) is 16.9. The average molecular weight is 1510 g/mol. The number of aliphatic hydroxyl groups is 1. The number of amides is 2. The molecule has 31 heteroatoms. The smallest absolute Gasteiger partial charge is 0.465 e. The highest BCUT2D eigenvalue weighted by Gasteiger charge is 2.64. The maximum Gasteiger partial charge on any atom is 0.471 e. The SMILES string of the molecule is COC(=O)[C@@]1(O[C@H]2[C@@H](O)[C@@H](COCc3ccccc3)O[C@@H](O[C@H]3[C@H](OCc4ccccc4)[C@@H](OCc4ccccc4)[C@H](OCCCCCCNC(=O)C(F)(F)F)O[C@@H]3COCc3ccccc3)[C@@H]2OCc2ccccc2)C[C@@H]2OC(=O)N[C@H]2[C@H]([C@H](OC(=O)CCl)[C@@H](COC(=O)CCl)OC(=O)CCl)O1. The van der Waals surface area contributed by atoms with Gasteiger partial charge in [-0.2, -0.15) is 13.2 Å². The number of esters is 4. The third kappa shape index (κ3) is 23.4. The third-order valence-corrected chi connectivity index (χ3v) is 17.6. The van der Waals surface area contributed by atoms with Gasteiger partial charge in [-0.25, -0.2) is 9.59 Å². The normalized spacial score (nSPS) is 25.9. The molecule has 16 atom stereocenters. The zero-order valence-electron chi connectivity index (χ0n) is 56.0. The number of carbonyl (C=O) groups is 6. The van der Waals surface area contributed by atoms with Crippen molar-refractivity contribution < 1.29 is 123 Å². The molecule has 4 aliphatic rings. The molecule has 5 aromatic rings. The monoisotopic (exact) mass is 1500 g/mol. The molecule has 3 N–H and O–H groups in total. The molecular formula is C72H82Cl3F3N2O23. The number of alkyl carbamates (subject to hydrolysis) is 1. The molecule has 0 spiro atoms. The van der Waals surface area contributed by atoms with Crippen molar-refractivity contribution >= 4 is 70.7 Å². The summed E-state index contributed by atoms with van der Waals surface area (Å²) >= 11 is 17.8. The molecule has 560 valence electrons. The number of methoxy groups -OCH3 is 1. The molecule has 5 aromatic carbocycles. The highest BCUT2D eigenvalue weighted by atomic mass is 35.5. The van der Waals surface area contributed by atoms with E-state index >= 15 is 4.79 Å². The fraction of sp³-hybridized carbons (Fsp3) is 0.500. The van der Waals surface area contributed by atoms with Crippen molar-refractivity contribution in [2.75, 3.05) is 57.7 Å². The maximum absolute atomic E-state index is 15.2. The van der Waals surface area contributed by atoms with E-state index in [1.165, 1.54) is 0 Å². The molecule has 0 aliphatic carbocycles. The summed E-state index contributed by atoms with van der Waals surface area (Å²) in [6, 6.07) is 44.2. The lowest BCUT2D eigenvalue weighted by molar-refractivity contribution is -0.394. The summed E-state index contributed by atoms with van der Waals surface area (Å²) in [6.45, 7) is -1.96. The van der Waals surface area contributed by atoms with Crippen molar-refractivity contribution in [1.29, 1.82) is 0 Å². The van der Waals surface area contributed by atoms with Crippen LogP contribution in [0, 0.1) is 0 Å². The van der Waals surface area contributed by atoms with E-state index in [4.69, 9.17) is 111 Å². The topological polar surface area (TPSA) is 294 Å². The summed E-state index contributed by atoms with van der Waals surface area (Å²) < 4.78 is 143. The zero-order valence-corrected chi connectivity index (χ0v) is 58.3. The Morgan fingerprint density at radius 1 is 0.602 bits per heavy atom. The number of hydrogen-bond donors (Lipinski definition) is 3. The van der Waals surface area contributed by atoms with Crippen molar-refractivity contribution in [3.63, 3.8) is 0 Å². The van der Waals surface area contributed by atoms with Crippen LogP contribution in [0.2, 0.25) is 0 Å². The first-order valence-electron chi connectivity index (χ1n) is 33.3. The van der Waals surface area contributed by atoms with E-state index < -0.39 is 177 Å². The molecule has 0 saturated carbocycles. The van der Waals surface area contributed by atoms with Crippen LogP contribution in [0.1, 0.15) is 59.9 Å². The number of rotatable bonds is 39. The fourth-order valence-corrected chi connectivity index (χ4v) is 12.2. The number of carbonyl (C=O) groups excluding carboxylic acids is 6. The number of aliphatic hydroxyl groups excluding tert-OH is 1. The van der Waals surface area contributed by atoms with E-state index in [9.17, 15) is 42.3 Å². The molecule has 0 aromatic heterocycles. The molecule has 103 heavy (non-hydrogen) atoms. The van der Waals surface area contributed by atoms with Crippen LogP contribution in [-0.2, 0) is 133 Å². The highest BCUT2D eigenvalue weighted by Crippen LogP contribution is 2.43. The van der Waals surface area contributed by atoms with Gasteiger partial charge in [0.15, 0.2) is 24.8 Å². The van der Waals surface area contributed by atoms with Crippen molar-refractivity contribution in [3.8, 4) is 0 Å². The summed E-state index contributed by atoms with van der Waals surface area (Å²) in [6.07, 6.45) is -27.4. The van der Waals surface area contributed by atoms with Gasteiger partial charge in [-0.15, -0.1) is 34.8 Å². The second-order valence-corrected chi connectivity index (χ2v) is 25.1. The van der Waals surface area contributed by atoms with Gasteiger partial charge in [-0.3, -0.25) is 19.2 Å². The Kier molecular flexibility index (Phi) is 31.4. The number of hydrogen-bond acceptors (Lipinski definition) is 23. The van der Waals surface area contributed by atoms with Gasteiger partial charge in [0.2, 0.25) is 0 Å². The molecule has 0 radical (unpaired) electrons. The van der Waals surface area contributed by atoms with Gasteiger partial charge in [0, 0.05) is 13.2 Å². The Hall–Kier alpha value is -7.10. The van der Waals surface area contributed by atoms with Crippen LogP contribution in [0.25, 0.3) is 0 Å². The first-order chi connectivity index (χ1) is 49.9. The summed E-state index contributed by atoms with van der Waals surface area (Å²) in [5, 5.41) is 17.7. The first-order valence-corrected chi connectivity index (χ1v) is 34.9. The number of nitrogens with one attached hydrogen (secondary N) is 2. The molecule has 0 unspecified atom stereocenters. The quantitative estimate of drug-likeness (QED) is 0.0144. The molecule has 4 aliphatic heterocycles. The Balaban J connectivity index is 1.15. The van der Waals surface area contributed by atoms with Crippen LogP contribution in [0.5, 0.6) is 0 Å². The Bertz CT molecular complexity index is 3430. The van der Waals surface area contributed by atoms with Gasteiger partial charge in [0.05, 0.1) is 65.8 Å². The Morgan fingerprint density at radius 2 is 1.09 bits per heavy atom. The predicted molar refractivity (Wildman–Crippen MR) is 358 cm³/mol. The summed E-state index contributed by atoms with van der Waals surface area (Å²) in [7, 11) is 0.995. The number of ether oxygens (including phenoxy) is 16. The molecule has 4 fully saturated rings. The van der Waals surface area contributed by atoms with E-state index in [1.54, 1.807) is 30.3 Å². The van der Waals surface area contributed by atoms with Crippen molar-refractivity contribution in [3.05, 3.63) is 179 Å². The van der Waals surface area contributed by atoms with E-state index in [1.807, 2.05) is 127 Å². The molecule has 4 saturated heterocycles. The second-order valence-electron chi connectivity index (χ2n) is 24.3. The molecule has 25 nitrogen and oxygen atoms in total. The summed E-state index contributed by atoms with van der Waals surface area (Å²) in [5.74, 6) is -11.8. The van der Waals surface area contributed by atoms with E-state index in [-0.39, 0.29) is 59.2 Å². The predicted octanol–water partition coefficient (Wildman–Crippen LogP) is 8.23. The lowest BCUT2D eigenvalue weighted by Gasteiger charge is -2.51. The van der Waals surface area contributed by atoms with Crippen LogP contribution in [0.3, 0.4) is 0 Å². The van der Waals surface area contributed by atoms with Crippen LogP contribution in [-0.4, -0.2) is 203 Å². The van der Waals surface area contributed by atoms with Crippen LogP contribution < -0.4 is 10.6 Å². The molecule has 4 heterocycles. The fourth-order valence-electron chi connectivity index (χ4n) is 12.0. The van der Waals surface area contributed by atoms with E-state index in [2.05, 4.69) is 5.32 Å². The second kappa shape index (κ2) is 40.4. The van der Waals surface area contributed by atoms with Crippen LogP contribution in [0.4, 0.5) is 18.0 Å². The van der Waals surface area contributed by atoms with Gasteiger partial charge in [0.25, 0.3) is 5.79 Å². The summed E-state index contributed by atoms with van der Waals surface area (Å²) in [5.41, 5.74) is 3.59. The Morgan fingerprint density at radius 3 is 1.61 bits per heavy atom. The summed E-state index contributed by atoms with van der Waals surface area (Å²) in [4.78, 5) is 79.5. The highest BCUT2D eigenvalue weighted by molar-refractivity contribution is 6.27. The standard InChI is InChI=1S/C72H82Cl3F3N2O23/c1-88-69(86)71(33-50-57(80-70(87)99-50)61(102-71)59(100-56(83)36-75)53(96-55(82)35-74)44-92-54(81)34-73)103-62-58(84)51(42-89-37-45-21-9-4-10-22-45)97-67(64(62)94-40-48-27-15-7-16-28-48)101-60-52(43-90-38-46-23-11-5-12-24-46)98-66(91-32-20-3-2-19-31-79-68(85)72(76,77)78)65(95-41-49-29-17-8-18-30-49)63(60)93-39-47-25-13-6-14-26-47/h4-18,21-30,50-53,57-67,84H,2-3,19-20,31-44H2,1H3,(H,79,85)(H,80,87)/t50-,51+,52+,53+,57+,58-,59+,60+,61+,62-,63-,64+,65+,66+,67-,71-/m0/s1. The molecular weight excluding hydrogens is 1420 g/mol. The lowest BCUT2D eigenvalue weighted by Crippen LogP contribution is -2.70. The number of halogens is 6. The number of alkyl halides is 6. The van der Waals surface area contributed by atoms with Gasteiger partial charge in [-0.1, -0.05) is 165 Å². The van der Waals surface area contributed by atoms with Crippen LogP contribution >= 0.6 is 34.8 Å². The minimum Gasteiger partial charge on any atom is -0.465 e. The minimum atomic E-state index is -5.02. The van der Waals surface area contributed by atoms with Crippen molar-refractivity contribution in [1.82, 2.24) is 10.6 Å². The lowest BCUT2D eigenvalue weighted by atomic mass is 9.88. The van der Waals surface area contributed by atoms with Gasteiger partial charge in [-0.05, 0) is 40.7 Å². The van der Waals surface area contributed by atoms with E-state index in [0.717, 1.165) is 29.4 Å². The van der Waals surface area contributed by atoms with Gasteiger partial charge < -0.3 is 91.5 Å². The molecule has 2 amide bonds. The largest absolute Gasteiger partial charge is 0.471 e. The van der Waals surface area contributed by atoms with Crippen molar-refractivity contribution in [2.24, 2.45) is 0 Å².